The van der Waals surface area contributed by atoms with Gasteiger partial charge in [-0.3, -0.25) is 14.5 Å². The molecule has 1 aliphatic heterocycles. The number of nitrogens with zero attached hydrogens (tertiary/aromatic N) is 1. The third kappa shape index (κ3) is 4.34. The van der Waals surface area contributed by atoms with Crippen molar-refractivity contribution < 1.29 is 23.9 Å². The predicted molar refractivity (Wildman–Crippen MR) is 99.9 cm³/mol. The van der Waals surface area contributed by atoms with E-state index in [0.29, 0.717) is 11.3 Å². The topological polar surface area (TPSA) is 72.9 Å². The van der Waals surface area contributed by atoms with E-state index in [0.717, 1.165) is 21.8 Å². The van der Waals surface area contributed by atoms with Crippen molar-refractivity contribution in [2.24, 2.45) is 0 Å². The summed E-state index contributed by atoms with van der Waals surface area (Å²) in [6.07, 6.45) is 0.450. The van der Waals surface area contributed by atoms with Crippen LogP contribution in [0.25, 0.3) is 0 Å². The SMILES string of the molecule is Cc1ccc(C)c(OCCOC(=O)c2ccc(N3C(=O)CCC3=O)cc2)c1. The second kappa shape index (κ2) is 8.03. The number of benzene rings is 2. The Balaban J connectivity index is 1.52. The number of hydrogen-bond donors (Lipinski definition) is 0. The number of aryl methyl sites for hydroxylation is 2. The molecule has 0 aromatic heterocycles. The smallest absolute Gasteiger partial charge is 0.338 e. The average molecular weight is 367 g/mol. The summed E-state index contributed by atoms with van der Waals surface area (Å²) in [6, 6.07) is 12.2. The third-order valence-corrected chi connectivity index (χ3v) is 4.33. The van der Waals surface area contributed by atoms with Crippen LogP contribution < -0.4 is 9.64 Å². The van der Waals surface area contributed by atoms with Gasteiger partial charge in [0.2, 0.25) is 11.8 Å². The van der Waals surface area contributed by atoms with E-state index < -0.39 is 5.97 Å². The molecule has 2 aromatic rings. The number of hydrogen-bond acceptors (Lipinski definition) is 5. The highest BCUT2D eigenvalue weighted by Gasteiger charge is 2.30. The van der Waals surface area contributed by atoms with E-state index in [4.69, 9.17) is 9.47 Å². The van der Waals surface area contributed by atoms with Crippen molar-refractivity contribution in [3.63, 3.8) is 0 Å². The van der Waals surface area contributed by atoms with Crippen molar-refractivity contribution in [2.45, 2.75) is 26.7 Å². The van der Waals surface area contributed by atoms with Crippen LogP contribution in [0.15, 0.2) is 42.5 Å². The molecule has 0 saturated carbocycles. The first-order valence-electron chi connectivity index (χ1n) is 8.79. The zero-order chi connectivity index (χ0) is 19.4. The maximum atomic E-state index is 12.1. The van der Waals surface area contributed by atoms with Crippen LogP contribution in [0.2, 0.25) is 0 Å². The number of rotatable bonds is 6. The summed E-state index contributed by atoms with van der Waals surface area (Å²) < 4.78 is 10.9. The van der Waals surface area contributed by atoms with Crippen molar-refractivity contribution in [2.75, 3.05) is 18.1 Å². The molecule has 1 heterocycles. The fourth-order valence-corrected chi connectivity index (χ4v) is 2.84. The van der Waals surface area contributed by atoms with Gasteiger partial charge in [-0.25, -0.2) is 4.79 Å². The molecule has 0 spiro atoms. The Bertz CT molecular complexity index is 857. The molecular formula is C21H21NO5. The minimum absolute atomic E-state index is 0.122. The summed E-state index contributed by atoms with van der Waals surface area (Å²) in [5.74, 6) is -0.154. The molecule has 0 atom stereocenters. The van der Waals surface area contributed by atoms with E-state index >= 15 is 0 Å². The lowest BCUT2D eigenvalue weighted by Crippen LogP contribution is -2.28. The molecule has 2 aromatic carbocycles. The summed E-state index contributed by atoms with van der Waals surface area (Å²) in [5, 5.41) is 0. The van der Waals surface area contributed by atoms with Gasteiger partial charge in [0.25, 0.3) is 0 Å². The lowest BCUT2D eigenvalue weighted by atomic mass is 10.1. The molecule has 0 N–H and O–H groups in total. The van der Waals surface area contributed by atoms with Gasteiger partial charge in [0, 0.05) is 12.8 Å². The summed E-state index contributed by atoms with van der Waals surface area (Å²) in [5.41, 5.74) is 2.94. The Morgan fingerprint density at radius 1 is 0.963 bits per heavy atom. The first kappa shape index (κ1) is 18.6. The van der Waals surface area contributed by atoms with Crippen LogP contribution in [0.5, 0.6) is 5.75 Å². The van der Waals surface area contributed by atoms with Crippen LogP contribution >= 0.6 is 0 Å². The lowest BCUT2D eigenvalue weighted by molar-refractivity contribution is -0.121. The molecule has 3 rings (SSSR count). The number of carbonyl (C=O) groups is 3. The third-order valence-electron chi connectivity index (χ3n) is 4.33. The molecule has 2 amide bonds. The fourth-order valence-electron chi connectivity index (χ4n) is 2.84. The van der Waals surface area contributed by atoms with Crippen molar-refractivity contribution in [1.29, 1.82) is 0 Å². The van der Waals surface area contributed by atoms with Crippen molar-refractivity contribution >= 4 is 23.5 Å². The maximum absolute atomic E-state index is 12.1. The second-order valence-electron chi connectivity index (χ2n) is 6.42. The number of carbonyl (C=O) groups excluding carboxylic acids is 3. The van der Waals surface area contributed by atoms with E-state index in [2.05, 4.69) is 0 Å². The molecule has 1 saturated heterocycles. The van der Waals surface area contributed by atoms with E-state index in [1.165, 1.54) is 0 Å². The van der Waals surface area contributed by atoms with Gasteiger partial charge in [-0.05, 0) is 55.3 Å². The van der Waals surface area contributed by atoms with Gasteiger partial charge in [0.15, 0.2) is 0 Å². The maximum Gasteiger partial charge on any atom is 0.338 e. The molecule has 140 valence electrons. The summed E-state index contributed by atoms with van der Waals surface area (Å²) in [4.78, 5) is 36.7. The van der Waals surface area contributed by atoms with E-state index in [1.54, 1.807) is 24.3 Å². The highest BCUT2D eigenvalue weighted by molar-refractivity contribution is 6.19. The van der Waals surface area contributed by atoms with Crippen LogP contribution in [0.3, 0.4) is 0 Å². The first-order valence-corrected chi connectivity index (χ1v) is 8.79. The summed E-state index contributed by atoms with van der Waals surface area (Å²) >= 11 is 0. The molecule has 6 heteroatoms. The van der Waals surface area contributed by atoms with Gasteiger partial charge in [-0.15, -0.1) is 0 Å². The van der Waals surface area contributed by atoms with Crippen molar-refractivity contribution in [1.82, 2.24) is 0 Å². The molecule has 0 bridgehead atoms. The van der Waals surface area contributed by atoms with Crippen LogP contribution in [0.1, 0.15) is 34.3 Å². The van der Waals surface area contributed by atoms with Gasteiger partial charge in [0.05, 0.1) is 11.3 Å². The normalized spacial score (nSPS) is 13.8. The Hall–Kier alpha value is -3.15. The number of anilines is 1. The van der Waals surface area contributed by atoms with Gasteiger partial charge in [-0.1, -0.05) is 12.1 Å². The quantitative estimate of drug-likeness (QED) is 0.445. The van der Waals surface area contributed by atoms with E-state index in [1.807, 2.05) is 32.0 Å². The first-order chi connectivity index (χ1) is 13.0. The molecule has 0 unspecified atom stereocenters. The van der Waals surface area contributed by atoms with Gasteiger partial charge in [0.1, 0.15) is 19.0 Å². The van der Waals surface area contributed by atoms with E-state index in [-0.39, 0.29) is 37.9 Å². The van der Waals surface area contributed by atoms with Crippen LogP contribution in [0.4, 0.5) is 5.69 Å². The zero-order valence-corrected chi connectivity index (χ0v) is 15.4. The standard InChI is InChI=1S/C21H21NO5/c1-14-3-4-15(2)18(13-14)26-11-12-27-21(25)16-5-7-17(8-6-16)22-19(23)9-10-20(22)24/h3-8,13H,9-12H2,1-2H3. The number of esters is 1. The molecule has 0 aliphatic carbocycles. The van der Waals surface area contributed by atoms with Crippen LogP contribution in [0, 0.1) is 13.8 Å². The van der Waals surface area contributed by atoms with Gasteiger partial charge < -0.3 is 9.47 Å². The molecule has 1 aliphatic rings. The van der Waals surface area contributed by atoms with Crippen molar-refractivity contribution in [3.05, 3.63) is 59.2 Å². The summed E-state index contributed by atoms with van der Waals surface area (Å²) in [6.45, 7) is 4.32. The highest BCUT2D eigenvalue weighted by atomic mass is 16.6. The molecule has 1 fully saturated rings. The Kier molecular flexibility index (Phi) is 5.54. The minimum Gasteiger partial charge on any atom is -0.490 e. The second-order valence-corrected chi connectivity index (χ2v) is 6.42. The Morgan fingerprint density at radius 2 is 1.63 bits per heavy atom. The Morgan fingerprint density at radius 3 is 2.30 bits per heavy atom. The van der Waals surface area contributed by atoms with Crippen LogP contribution in [-0.4, -0.2) is 31.0 Å². The minimum atomic E-state index is -0.481. The number of amides is 2. The summed E-state index contributed by atoms with van der Waals surface area (Å²) in [7, 11) is 0. The monoisotopic (exact) mass is 367 g/mol. The average Bonchev–Trinajstić information content (AvgIpc) is 3.00. The molecule has 0 radical (unpaired) electrons. The number of imide groups is 1. The van der Waals surface area contributed by atoms with Gasteiger partial charge in [-0.2, -0.15) is 0 Å². The van der Waals surface area contributed by atoms with E-state index in [9.17, 15) is 14.4 Å². The number of ether oxygens (including phenoxy) is 2. The molecule has 6 nitrogen and oxygen atoms in total. The predicted octanol–water partition coefficient (Wildman–Crippen LogP) is 3.19. The van der Waals surface area contributed by atoms with Crippen molar-refractivity contribution in [3.8, 4) is 5.75 Å². The largest absolute Gasteiger partial charge is 0.490 e. The highest BCUT2D eigenvalue weighted by Crippen LogP contribution is 2.23. The van der Waals surface area contributed by atoms with Gasteiger partial charge >= 0.3 is 5.97 Å². The lowest BCUT2D eigenvalue weighted by Gasteiger charge is -2.14. The fraction of sp³-hybridized carbons (Fsp3) is 0.286. The molecular weight excluding hydrogens is 346 g/mol. The zero-order valence-electron chi connectivity index (χ0n) is 15.4. The molecule has 27 heavy (non-hydrogen) atoms. The van der Waals surface area contributed by atoms with Crippen LogP contribution in [-0.2, 0) is 14.3 Å². The Labute approximate surface area is 157 Å².